The van der Waals surface area contributed by atoms with Gasteiger partial charge in [0.05, 0.1) is 12.6 Å². The zero-order chi connectivity index (χ0) is 14.5. The molecule has 0 bridgehead atoms. The van der Waals surface area contributed by atoms with Gasteiger partial charge in [-0.3, -0.25) is 4.79 Å². The highest BCUT2D eigenvalue weighted by atomic mass is 16.3. The molecular weight excluding hydrogens is 250 g/mol. The van der Waals surface area contributed by atoms with Crippen molar-refractivity contribution in [2.75, 3.05) is 13.1 Å². The van der Waals surface area contributed by atoms with Crippen molar-refractivity contribution in [3.63, 3.8) is 0 Å². The summed E-state index contributed by atoms with van der Waals surface area (Å²) in [5.74, 6) is 0.188. The predicted molar refractivity (Wildman–Crippen MR) is 80.5 cm³/mol. The van der Waals surface area contributed by atoms with E-state index in [9.17, 15) is 9.90 Å². The van der Waals surface area contributed by atoms with E-state index in [1.54, 1.807) is 0 Å². The SMILES string of the molecule is Cc1ccc(C(O)CN2CCCCCCC2=O)cc1C. The summed E-state index contributed by atoms with van der Waals surface area (Å²) >= 11 is 0. The van der Waals surface area contributed by atoms with Gasteiger partial charge in [0.25, 0.3) is 0 Å². The third kappa shape index (κ3) is 3.83. The lowest BCUT2D eigenvalue weighted by atomic mass is 10.0. The summed E-state index contributed by atoms with van der Waals surface area (Å²) in [6.07, 6.45) is 4.40. The lowest BCUT2D eigenvalue weighted by Crippen LogP contribution is -2.36. The van der Waals surface area contributed by atoms with Gasteiger partial charge in [-0.1, -0.05) is 31.0 Å². The lowest BCUT2D eigenvalue weighted by molar-refractivity contribution is -0.133. The lowest BCUT2D eigenvalue weighted by Gasteiger charge is -2.27. The van der Waals surface area contributed by atoms with E-state index >= 15 is 0 Å². The summed E-state index contributed by atoms with van der Waals surface area (Å²) in [6.45, 7) is 5.31. The molecule has 1 unspecified atom stereocenters. The van der Waals surface area contributed by atoms with Crippen molar-refractivity contribution >= 4 is 5.91 Å². The van der Waals surface area contributed by atoms with Crippen LogP contribution >= 0.6 is 0 Å². The Morgan fingerprint density at radius 3 is 2.65 bits per heavy atom. The van der Waals surface area contributed by atoms with E-state index in [2.05, 4.69) is 6.92 Å². The Hall–Kier alpha value is -1.35. The fourth-order valence-electron chi connectivity index (χ4n) is 2.69. The van der Waals surface area contributed by atoms with E-state index in [0.717, 1.165) is 31.4 Å². The second-order valence-electron chi connectivity index (χ2n) is 5.86. The minimum Gasteiger partial charge on any atom is -0.387 e. The number of rotatable bonds is 3. The molecule has 1 aliphatic rings. The molecule has 1 atom stereocenters. The van der Waals surface area contributed by atoms with E-state index in [1.165, 1.54) is 17.5 Å². The number of β-amino-alcohol motifs (C(OH)–C–C–N with tert-alkyl or cyclic N) is 1. The maximum absolute atomic E-state index is 12.1. The minimum absolute atomic E-state index is 0.188. The van der Waals surface area contributed by atoms with Crippen molar-refractivity contribution in [3.8, 4) is 0 Å². The average Bonchev–Trinajstić information content (AvgIpc) is 2.41. The van der Waals surface area contributed by atoms with Gasteiger partial charge in [0, 0.05) is 13.0 Å². The number of aliphatic hydroxyl groups is 1. The van der Waals surface area contributed by atoms with E-state index in [-0.39, 0.29) is 5.91 Å². The number of hydrogen-bond acceptors (Lipinski definition) is 2. The minimum atomic E-state index is -0.585. The Labute approximate surface area is 121 Å². The largest absolute Gasteiger partial charge is 0.387 e. The van der Waals surface area contributed by atoms with Gasteiger partial charge in [0.1, 0.15) is 0 Å². The Bertz CT molecular complexity index is 470. The Morgan fingerprint density at radius 2 is 1.90 bits per heavy atom. The third-order valence-corrected chi connectivity index (χ3v) is 4.23. The van der Waals surface area contributed by atoms with Crippen molar-refractivity contribution in [2.45, 2.75) is 52.1 Å². The molecule has 1 aliphatic heterocycles. The number of likely N-dealkylation sites (tertiary alicyclic amines) is 1. The predicted octanol–water partition coefficient (Wildman–Crippen LogP) is 3.13. The van der Waals surface area contributed by atoms with Crippen LogP contribution < -0.4 is 0 Å². The fraction of sp³-hybridized carbons (Fsp3) is 0.588. The van der Waals surface area contributed by atoms with Crippen molar-refractivity contribution in [1.29, 1.82) is 0 Å². The van der Waals surface area contributed by atoms with Crippen molar-refractivity contribution in [2.24, 2.45) is 0 Å². The van der Waals surface area contributed by atoms with Gasteiger partial charge in [-0.25, -0.2) is 0 Å². The molecule has 3 heteroatoms. The van der Waals surface area contributed by atoms with Crippen molar-refractivity contribution in [1.82, 2.24) is 4.90 Å². The maximum Gasteiger partial charge on any atom is 0.222 e. The number of carbonyl (C=O) groups excluding carboxylic acids is 1. The van der Waals surface area contributed by atoms with Crippen LogP contribution in [-0.2, 0) is 4.79 Å². The molecule has 1 aromatic carbocycles. The van der Waals surface area contributed by atoms with Crippen LogP contribution in [0.1, 0.15) is 54.9 Å². The number of aryl methyl sites for hydroxylation is 2. The van der Waals surface area contributed by atoms with Crippen molar-refractivity contribution in [3.05, 3.63) is 34.9 Å². The number of hydrogen-bond donors (Lipinski definition) is 1. The molecule has 0 aromatic heterocycles. The molecule has 1 fully saturated rings. The summed E-state index contributed by atoms with van der Waals surface area (Å²) < 4.78 is 0. The average molecular weight is 275 g/mol. The first-order valence-corrected chi connectivity index (χ1v) is 7.61. The van der Waals surface area contributed by atoms with Crippen LogP contribution in [0.25, 0.3) is 0 Å². The van der Waals surface area contributed by atoms with Gasteiger partial charge >= 0.3 is 0 Å². The molecule has 110 valence electrons. The van der Waals surface area contributed by atoms with Crippen LogP contribution in [0, 0.1) is 13.8 Å². The van der Waals surface area contributed by atoms with E-state index < -0.39 is 6.10 Å². The van der Waals surface area contributed by atoms with E-state index in [4.69, 9.17) is 0 Å². The Kier molecular flexibility index (Phi) is 5.18. The highest BCUT2D eigenvalue weighted by Gasteiger charge is 2.19. The van der Waals surface area contributed by atoms with Crippen LogP contribution in [0.15, 0.2) is 18.2 Å². The Morgan fingerprint density at radius 1 is 1.15 bits per heavy atom. The second-order valence-corrected chi connectivity index (χ2v) is 5.86. The van der Waals surface area contributed by atoms with Gasteiger partial charge in [0.2, 0.25) is 5.91 Å². The van der Waals surface area contributed by atoms with Crippen LogP contribution in [0.2, 0.25) is 0 Å². The van der Waals surface area contributed by atoms with Gasteiger partial charge in [0.15, 0.2) is 0 Å². The van der Waals surface area contributed by atoms with Crippen LogP contribution in [-0.4, -0.2) is 29.0 Å². The zero-order valence-corrected chi connectivity index (χ0v) is 12.6. The summed E-state index contributed by atoms with van der Waals surface area (Å²) in [6, 6.07) is 6.01. The highest BCUT2D eigenvalue weighted by Crippen LogP contribution is 2.20. The number of aliphatic hydroxyl groups excluding tert-OH is 1. The maximum atomic E-state index is 12.1. The standard InChI is InChI=1S/C17H25NO2/c1-13-8-9-15(11-14(13)2)16(19)12-18-10-6-4-3-5-7-17(18)20/h8-9,11,16,19H,3-7,10,12H2,1-2H3. The topological polar surface area (TPSA) is 40.5 Å². The molecule has 1 heterocycles. The molecule has 20 heavy (non-hydrogen) atoms. The number of carbonyl (C=O) groups is 1. The molecule has 0 saturated carbocycles. The Balaban J connectivity index is 2.02. The van der Waals surface area contributed by atoms with Crippen LogP contribution in [0.5, 0.6) is 0 Å². The quantitative estimate of drug-likeness (QED) is 0.920. The number of amides is 1. The van der Waals surface area contributed by atoms with Crippen LogP contribution in [0.4, 0.5) is 0 Å². The molecule has 1 N–H and O–H groups in total. The number of benzene rings is 1. The first kappa shape index (κ1) is 15.0. The van der Waals surface area contributed by atoms with Crippen LogP contribution in [0.3, 0.4) is 0 Å². The molecular formula is C17H25NO2. The highest BCUT2D eigenvalue weighted by molar-refractivity contribution is 5.76. The summed E-state index contributed by atoms with van der Waals surface area (Å²) in [4.78, 5) is 13.9. The molecule has 2 rings (SSSR count). The van der Waals surface area contributed by atoms with E-state index in [0.29, 0.717) is 13.0 Å². The van der Waals surface area contributed by atoms with Gasteiger partial charge in [-0.05, 0) is 43.4 Å². The molecule has 3 nitrogen and oxygen atoms in total. The normalized spacial score (nSPS) is 18.6. The molecule has 1 saturated heterocycles. The molecule has 0 radical (unpaired) electrons. The fourth-order valence-corrected chi connectivity index (χ4v) is 2.69. The first-order chi connectivity index (χ1) is 9.58. The third-order valence-electron chi connectivity index (χ3n) is 4.23. The van der Waals surface area contributed by atoms with Crippen molar-refractivity contribution < 1.29 is 9.90 Å². The van der Waals surface area contributed by atoms with Gasteiger partial charge in [-0.2, -0.15) is 0 Å². The molecule has 0 aliphatic carbocycles. The van der Waals surface area contributed by atoms with Gasteiger partial charge < -0.3 is 10.0 Å². The zero-order valence-electron chi connectivity index (χ0n) is 12.6. The summed E-state index contributed by atoms with van der Waals surface area (Å²) in [5, 5.41) is 10.4. The first-order valence-electron chi connectivity index (χ1n) is 7.61. The summed E-state index contributed by atoms with van der Waals surface area (Å²) in [5.41, 5.74) is 3.31. The molecule has 0 spiro atoms. The number of nitrogens with zero attached hydrogens (tertiary/aromatic N) is 1. The summed E-state index contributed by atoms with van der Waals surface area (Å²) in [7, 11) is 0. The monoisotopic (exact) mass is 275 g/mol. The smallest absolute Gasteiger partial charge is 0.222 e. The van der Waals surface area contributed by atoms with Gasteiger partial charge in [-0.15, -0.1) is 0 Å². The molecule has 1 aromatic rings. The molecule has 1 amide bonds. The second kappa shape index (κ2) is 6.89. The van der Waals surface area contributed by atoms with E-state index in [1.807, 2.05) is 30.0 Å².